The number of aryl methyl sites for hydroxylation is 1. The Morgan fingerprint density at radius 2 is 1.82 bits per heavy atom. The third-order valence-electron chi connectivity index (χ3n) is 4.67. The third-order valence-corrected chi connectivity index (χ3v) is 4.67. The highest BCUT2D eigenvalue weighted by Gasteiger charge is 2.48. The molecular weight excluding hydrogens is 358 g/mol. The number of amides is 2. The minimum atomic E-state index is -0.901. The molecule has 2 amide bonds. The van der Waals surface area contributed by atoms with E-state index in [-0.39, 0.29) is 18.4 Å². The molecule has 1 fully saturated rings. The highest BCUT2D eigenvalue weighted by Crippen LogP contribution is 2.31. The van der Waals surface area contributed by atoms with Crippen molar-refractivity contribution in [3.05, 3.63) is 35.9 Å². The first-order chi connectivity index (χ1) is 13.2. The lowest BCUT2D eigenvalue weighted by molar-refractivity contribution is -0.151. The molecule has 2 rings (SSSR count). The fourth-order valence-electron chi connectivity index (χ4n) is 3.40. The quantitative estimate of drug-likeness (QED) is 0.518. The second kappa shape index (κ2) is 9.71. The molecule has 0 aliphatic carbocycles. The van der Waals surface area contributed by atoms with E-state index in [0.717, 1.165) is 24.2 Å². The largest absolute Gasteiger partial charge is 0.464 e. The summed E-state index contributed by atoms with van der Waals surface area (Å²) < 4.78 is 10.4. The van der Waals surface area contributed by atoms with Gasteiger partial charge in [0.15, 0.2) is 0 Å². The summed E-state index contributed by atoms with van der Waals surface area (Å²) in [5, 5.41) is 0. The normalized spacial score (nSPS) is 19.6. The number of esters is 1. The van der Waals surface area contributed by atoms with Crippen LogP contribution in [0.4, 0.5) is 4.79 Å². The number of rotatable bonds is 7. The van der Waals surface area contributed by atoms with E-state index in [0.29, 0.717) is 12.8 Å². The average molecular weight is 389 g/mol. The van der Waals surface area contributed by atoms with Gasteiger partial charge in [0, 0.05) is 5.92 Å². The van der Waals surface area contributed by atoms with Gasteiger partial charge in [0.05, 0.1) is 6.61 Å². The van der Waals surface area contributed by atoms with Crippen LogP contribution in [0, 0.1) is 5.92 Å². The van der Waals surface area contributed by atoms with Crippen LogP contribution >= 0.6 is 0 Å². The molecule has 0 unspecified atom stereocenters. The van der Waals surface area contributed by atoms with E-state index in [9.17, 15) is 14.4 Å². The number of hydrogen-bond donors (Lipinski definition) is 0. The Labute approximate surface area is 167 Å². The van der Waals surface area contributed by atoms with E-state index in [1.807, 2.05) is 18.2 Å². The second-order valence-corrected chi connectivity index (χ2v) is 8.12. The van der Waals surface area contributed by atoms with Crippen molar-refractivity contribution in [1.82, 2.24) is 4.90 Å². The zero-order valence-corrected chi connectivity index (χ0v) is 17.3. The lowest BCUT2D eigenvalue weighted by atomic mass is 9.96. The van der Waals surface area contributed by atoms with Crippen LogP contribution in [0.25, 0.3) is 0 Å². The van der Waals surface area contributed by atoms with Gasteiger partial charge in [-0.05, 0) is 58.9 Å². The maximum atomic E-state index is 12.8. The molecule has 1 aliphatic heterocycles. The summed E-state index contributed by atoms with van der Waals surface area (Å²) in [6.45, 7) is 7.09. The van der Waals surface area contributed by atoms with Crippen LogP contribution in [-0.2, 0) is 25.5 Å². The molecule has 0 aromatic heterocycles. The van der Waals surface area contributed by atoms with Gasteiger partial charge in [-0.25, -0.2) is 14.5 Å². The van der Waals surface area contributed by atoms with Crippen LogP contribution in [0.3, 0.4) is 0 Å². The standard InChI is InChI=1S/C22H31NO5/c1-5-27-20(25)18-15-17(14-10-9-13-16-11-7-6-8-12-16)19(24)23(18)21(26)28-22(2,3)4/h6-8,11-12,17-18H,5,9-10,13-15H2,1-4H3/t17-,18+/m1/s1. The Hall–Kier alpha value is -2.37. The summed E-state index contributed by atoms with van der Waals surface area (Å²) in [7, 11) is 0. The molecule has 154 valence electrons. The van der Waals surface area contributed by atoms with Crippen molar-refractivity contribution in [3.63, 3.8) is 0 Å². The highest BCUT2D eigenvalue weighted by atomic mass is 16.6. The zero-order valence-electron chi connectivity index (χ0n) is 17.3. The summed E-state index contributed by atoms with van der Waals surface area (Å²) in [5.74, 6) is -1.25. The summed E-state index contributed by atoms with van der Waals surface area (Å²) in [5.41, 5.74) is 0.518. The van der Waals surface area contributed by atoms with Crippen molar-refractivity contribution in [2.45, 2.75) is 71.4 Å². The molecule has 6 heteroatoms. The number of benzene rings is 1. The maximum absolute atomic E-state index is 12.8. The SMILES string of the molecule is CCOC(=O)[C@@H]1C[C@@H](CCCCc2ccccc2)C(=O)N1C(=O)OC(C)(C)C. The molecule has 0 saturated carbocycles. The van der Waals surface area contributed by atoms with E-state index in [2.05, 4.69) is 12.1 Å². The molecule has 1 heterocycles. The minimum Gasteiger partial charge on any atom is -0.464 e. The smallest absolute Gasteiger partial charge is 0.417 e. The van der Waals surface area contributed by atoms with Crippen molar-refractivity contribution in [2.24, 2.45) is 5.92 Å². The van der Waals surface area contributed by atoms with Crippen LogP contribution in [0.15, 0.2) is 30.3 Å². The molecule has 1 aliphatic rings. The van der Waals surface area contributed by atoms with Gasteiger partial charge in [0.2, 0.25) is 5.91 Å². The third kappa shape index (κ3) is 6.08. The first-order valence-electron chi connectivity index (χ1n) is 9.99. The molecular formula is C22H31NO5. The Bertz CT molecular complexity index is 680. The van der Waals surface area contributed by atoms with Crippen LogP contribution in [-0.4, -0.2) is 41.1 Å². The molecule has 1 saturated heterocycles. The van der Waals surface area contributed by atoms with Gasteiger partial charge in [0.1, 0.15) is 11.6 Å². The molecule has 1 aromatic rings. The van der Waals surface area contributed by atoms with Crippen molar-refractivity contribution in [2.75, 3.05) is 6.61 Å². The molecule has 0 N–H and O–H groups in total. The lowest BCUT2D eigenvalue weighted by Gasteiger charge is -2.26. The van der Waals surface area contributed by atoms with Crippen LogP contribution in [0.1, 0.15) is 58.9 Å². The van der Waals surface area contributed by atoms with Crippen LogP contribution < -0.4 is 0 Å². The lowest BCUT2D eigenvalue weighted by Crippen LogP contribution is -2.46. The topological polar surface area (TPSA) is 72.9 Å². The molecule has 6 nitrogen and oxygen atoms in total. The number of imide groups is 1. The van der Waals surface area contributed by atoms with Gasteiger partial charge in [-0.15, -0.1) is 0 Å². The van der Waals surface area contributed by atoms with E-state index in [1.165, 1.54) is 5.56 Å². The number of carbonyl (C=O) groups excluding carboxylic acids is 3. The van der Waals surface area contributed by atoms with Gasteiger partial charge in [0.25, 0.3) is 0 Å². The predicted octanol–water partition coefficient (Wildman–Crippen LogP) is 4.11. The number of hydrogen-bond acceptors (Lipinski definition) is 5. The van der Waals surface area contributed by atoms with Gasteiger partial charge >= 0.3 is 12.1 Å². The fourth-order valence-corrected chi connectivity index (χ4v) is 3.40. The Kier molecular flexibility index (Phi) is 7.61. The molecule has 28 heavy (non-hydrogen) atoms. The number of likely N-dealkylation sites (tertiary alicyclic amines) is 1. The van der Waals surface area contributed by atoms with Gasteiger partial charge < -0.3 is 9.47 Å². The van der Waals surface area contributed by atoms with Crippen molar-refractivity contribution < 1.29 is 23.9 Å². The summed E-state index contributed by atoms with van der Waals surface area (Å²) in [4.78, 5) is 38.6. The number of ether oxygens (including phenoxy) is 2. The van der Waals surface area contributed by atoms with E-state index < -0.39 is 23.7 Å². The van der Waals surface area contributed by atoms with Gasteiger partial charge in [-0.3, -0.25) is 4.79 Å². The van der Waals surface area contributed by atoms with E-state index >= 15 is 0 Å². The van der Waals surface area contributed by atoms with Gasteiger partial charge in [-0.2, -0.15) is 0 Å². The molecule has 0 bridgehead atoms. The molecule has 0 radical (unpaired) electrons. The number of nitrogens with zero attached hydrogens (tertiary/aromatic N) is 1. The first-order valence-corrected chi connectivity index (χ1v) is 9.99. The predicted molar refractivity (Wildman–Crippen MR) is 106 cm³/mol. The Morgan fingerprint density at radius 1 is 1.14 bits per heavy atom. The van der Waals surface area contributed by atoms with Gasteiger partial charge in [-0.1, -0.05) is 36.8 Å². The van der Waals surface area contributed by atoms with Crippen LogP contribution in [0.2, 0.25) is 0 Å². The minimum absolute atomic E-state index is 0.202. The van der Waals surface area contributed by atoms with Crippen LogP contribution in [0.5, 0.6) is 0 Å². The van der Waals surface area contributed by atoms with Crippen molar-refractivity contribution in [3.8, 4) is 0 Å². The number of unbranched alkanes of at least 4 members (excludes halogenated alkanes) is 1. The summed E-state index contributed by atoms with van der Waals surface area (Å²) in [6, 6.07) is 9.28. The fraction of sp³-hybridized carbons (Fsp3) is 0.591. The van der Waals surface area contributed by atoms with Crippen molar-refractivity contribution in [1.29, 1.82) is 0 Å². The van der Waals surface area contributed by atoms with Crippen molar-refractivity contribution >= 4 is 18.0 Å². The molecule has 1 aromatic carbocycles. The second-order valence-electron chi connectivity index (χ2n) is 8.12. The summed E-state index contributed by atoms with van der Waals surface area (Å²) >= 11 is 0. The van der Waals surface area contributed by atoms with E-state index in [1.54, 1.807) is 27.7 Å². The summed E-state index contributed by atoms with van der Waals surface area (Å²) in [6.07, 6.45) is 2.90. The van der Waals surface area contributed by atoms with E-state index in [4.69, 9.17) is 9.47 Å². The Balaban J connectivity index is 1.98. The average Bonchev–Trinajstić information content (AvgIpc) is 2.95. The first kappa shape index (κ1) is 21.9. The zero-order chi connectivity index (χ0) is 20.7. The Morgan fingerprint density at radius 3 is 2.43 bits per heavy atom. The molecule has 2 atom stereocenters. The molecule has 0 spiro atoms. The monoisotopic (exact) mass is 389 g/mol. The highest BCUT2D eigenvalue weighted by molar-refractivity contribution is 6.00. The number of carbonyl (C=O) groups is 3. The maximum Gasteiger partial charge on any atom is 0.417 e.